The Balaban J connectivity index is 2.04. The fourth-order valence-corrected chi connectivity index (χ4v) is 1.75. The van der Waals surface area contributed by atoms with Crippen molar-refractivity contribution < 1.29 is 9.84 Å². The van der Waals surface area contributed by atoms with Gasteiger partial charge < -0.3 is 15.6 Å². The van der Waals surface area contributed by atoms with Crippen molar-refractivity contribution in [1.29, 1.82) is 0 Å². The number of aliphatic hydroxyl groups is 1. The summed E-state index contributed by atoms with van der Waals surface area (Å²) in [6, 6.07) is 0.157. The van der Waals surface area contributed by atoms with Crippen molar-refractivity contribution in [3.8, 4) is 0 Å². The molecule has 0 saturated heterocycles. The summed E-state index contributed by atoms with van der Waals surface area (Å²) >= 11 is 0. The van der Waals surface area contributed by atoms with Crippen LogP contribution < -0.4 is 5.73 Å². The molecule has 3 heteroatoms. The highest BCUT2D eigenvalue weighted by Crippen LogP contribution is 2.39. The van der Waals surface area contributed by atoms with Crippen molar-refractivity contribution in [1.82, 2.24) is 0 Å². The van der Waals surface area contributed by atoms with E-state index in [2.05, 4.69) is 0 Å². The van der Waals surface area contributed by atoms with Crippen molar-refractivity contribution in [2.75, 3.05) is 6.61 Å². The quantitative estimate of drug-likeness (QED) is 0.566. The molecule has 0 spiro atoms. The molecule has 0 radical (unpaired) electrons. The number of rotatable bonds is 1. The van der Waals surface area contributed by atoms with E-state index in [9.17, 15) is 5.11 Å². The van der Waals surface area contributed by atoms with Gasteiger partial charge in [-0.05, 0) is 18.9 Å². The molecule has 1 aliphatic heterocycles. The van der Waals surface area contributed by atoms with Crippen LogP contribution in [0.5, 0.6) is 0 Å². The molecule has 0 aromatic carbocycles. The Bertz CT molecular complexity index is 194. The van der Waals surface area contributed by atoms with Crippen LogP contribution in [0.3, 0.4) is 0 Å². The van der Waals surface area contributed by atoms with Crippen LogP contribution in [-0.2, 0) is 4.74 Å². The summed E-state index contributed by atoms with van der Waals surface area (Å²) < 4.78 is 5.26. The molecule has 3 nitrogen and oxygen atoms in total. The lowest BCUT2D eigenvalue weighted by molar-refractivity contribution is -0.0526. The second-order valence-corrected chi connectivity index (χ2v) is 3.41. The summed E-state index contributed by atoms with van der Waals surface area (Å²) in [5, 5.41) is 9.81. The monoisotopic (exact) mass is 155 g/mol. The first-order valence-electron chi connectivity index (χ1n) is 4.02. The maximum Gasteiger partial charge on any atom is 0.124 e. The third-order valence-corrected chi connectivity index (χ3v) is 2.36. The van der Waals surface area contributed by atoms with Crippen LogP contribution in [0.25, 0.3) is 0 Å². The van der Waals surface area contributed by atoms with Crippen LogP contribution >= 0.6 is 0 Å². The third kappa shape index (κ3) is 1.04. The topological polar surface area (TPSA) is 55.5 Å². The average molecular weight is 155 g/mol. The molecule has 2 rings (SSSR count). The minimum absolute atomic E-state index is 0.157. The van der Waals surface area contributed by atoms with E-state index >= 15 is 0 Å². The molecular formula is C8H13NO2. The first-order chi connectivity index (χ1) is 5.21. The summed E-state index contributed by atoms with van der Waals surface area (Å²) in [5.41, 5.74) is 4.87. The van der Waals surface area contributed by atoms with Gasteiger partial charge in [-0.2, -0.15) is 0 Å². The highest BCUT2D eigenvalue weighted by atomic mass is 16.5. The maximum absolute atomic E-state index is 9.81. The molecule has 0 bridgehead atoms. The summed E-state index contributed by atoms with van der Waals surface area (Å²) in [5.74, 6) is 0.749. The zero-order valence-corrected chi connectivity index (χ0v) is 6.42. The van der Waals surface area contributed by atoms with E-state index in [1.54, 1.807) is 0 Å². The zero-order chi connectivity index (χ0) is 7.90. The molecular weight excluding hydrogens is 142 g/mol. The molecule has 3 N–H and O–H groups in total. The summed E-state index contributed by atoms with van der Waals surface area (Å²) in [6.07, 6.45) is 4.19. The van der Waals surface area contributed by atoms with Crippen molar-refractivity contribution in [3.05, 3.63) is 11.8 Å². The van der Waals surface area contributed by atoms with Crippen molar-refractivity contribution in [3.63, 3.8) is 0 Å². The highest BCUT2D eigenvalue weighted by Gasteiger charge is 2.45. The van der Waals surface area contributed by atoms with E-state index in [4.69, 9.17) is 10.5 Å². The van der Waals surface area contributed by atoms with Crippen LogP contribution in [-0.4, -0.2) is 23.4 Å². The number of hydrogen-bond donors (Lipinski definition) is 2. The van der Waals surface area contributed by atoms with Gasteiger partial charge in [-0.1, -0.05) is 0 Å². The molecule has 0 atom stereocenters. The van der Waals surface area contributed by atoms with E-state index in [-0.39, 0.29) is 6.04 Å². The van der Waals surface area contributed by atoms with Gasteiger partial charge in [0.2, 0.25) is 0 Å². The lowest BCUT2D eigenvalue weighted by Gasteiger charge is -2.41. The minimum Gasteiger partial charge on any atom is -0.495 e. The first kappa shape index (κ1) is 7.13. The van der Waals surface area contributed by atoms with Crippen LogP contribution in [0, 0.1) is 0 Å². The van der Waals surface area contributed by atoms with E-state index < -0.39 is 5.60 Å². The van der Waals surface area contributed by atoms with Gasteiger partial charge in [0.25, 0.3) is 0 Å². The smallest absolute Gasteiger partial charge is 0.124 e. The summed E-state index contributed by atoms with van der Waals surface area (Å²) in [4.78, 5) is 0. The Hall–Kier alpha value is -0.540. The second-order valence-electron chi connectivity index (χ2n) is 3.41. The van der Waals surface area contributed by atoms with E-state index in [0.29, 0.717) is 19.4 Å². The standard InChI is InChI=1S/C8H13NO2/c9-6-4-8(10,5-6)7-2-1-3-11-7/h2,6,10H,1,3-5,9H2. The largest absolute Gasteiger partial charge is 0.495 e. The molecule has 11 heavy (non-hydrogen) atoms. The minimum atomic E-state index is -0.712. The fourth-order valence-electron chi connectivity index (χ4n) is 1.75. The molecule has 1 fully saturated rings. The zero-order valence-electron chi connectivity index (χ0n) is 6.42. The normalized spacial score (nSPS) is 42.7. The molecule has 2 aliphatic rings. The van der Waals surface area contributed by atoms with E-state index in [1.807, 2.05) is 6.08 Å². The van der Waals surface area contributed by atoms with Gasteiger partial charge in [-0.25, -0.2) is 0 Å². The Morgan fingerprint density at radius 1 is 1.64 bits per heavy atom. The maximum atomic E-state index is 9.81. The number of nitrogens with two attached hydrogens (primary N) is 1. The van der Waals surface area contributed by atoms with Crippen LogP contribution in [0.2, 0.25) is 0 Å². The van der Waals surface area contributed by atoms with Gasteiger partial charge >= 0.3 is 0 Å². The van der Waals surface area contributed by atoms with Gasteiger partial charge in [0.15, 0.2) is 0 Å². The Kier molecular flexibility index (Phi) is 1.44. The molecule has 0 amide bonds. The van der Waals surface area contributed by atoms with Gasteiger partial charge in [-0.15, -0.1) is 0 Å². The second kappa shape index (κ2) is 2.22. The summed E-state index contributed by atoms with van der Waals surface area (Å²) in [7, 11) is 0. The first-order valence-corrected chi connectivity index (χ1v) is 4.02. The molecule has 0 aromatic rings. The van der Waals surface area contributed by atoms with Crippen molar-refractivity contribution >= 4 is 0 Å². The molecule has 62 valence electrons. The van der Waals surface area contributed by atoms with E-state index in [1.165, 1.54) is 0 Å². The average Bonchev–Trinajstić information content (AvgIpc) is 2.34. The lowest BCUT2D eigenvalue weighted by atomic mass is 9.75. The van der Waals surface area contributed by atoms with Crippen molar-refractivity contribution in [2.45, 2.75) is 30.9 Å². The Labute approximate surface area is 65.8 Å². The van der Waals surface area contributed by atoms with Crippen LogP contribution in [0.4, 0.5) is 0 Å². The summed E-state index contributed by atoms with van der Waals surface area (Å²) in [6.45, 7) is 0.715. The van der Waals surface area contributed by atoms with Crippen LogP contribution in [0.1, 0.15) is 19.3 Å². The molecule has 1 aliphatic carbocycles. The predicted molar refractivity (Wildman–Crippen MR) is 40.8 cm³/mol. The number of ether oxygens (including phenoxy) is 1. The third-order valence-electron chi connectivity index (χ3n) is 2.36. The van der Waals surface area contributed by atoms with Gasteiger partial charge in [0.05, 0.1) is 6.61 Å². The molecule has 0 unspecified atom stereocenters. The lowest BCUT2D eigenvalue weighted by Crippen LogP contribution is -2.52. The molecule has 1 saturated carbocycles. The van der Waals surface area contributed by atoms with E-state index in [0.717, 1.165) is 12.2 Å². The number of hydrogen-bond acceptors (Lipinski definition) is 3. The Morgan fingerprint density at radius 3 is 2.82 bits per heavy atom. The van der Waals surface area contributed by atoms with Gasteiger partial charge in [0, 0.05) is 12.5 Å². The van der Waals surface area contributed by atoms with Gasteiger partial charge in [0.1, 0.15) is 11.4 Å². The molecule has 1 heterocycles. The Morgan fingerprint density at radius 2 is 2.36 bits per heavy atom. The fraction of sp³-hybridized carbons (Fsp3) is 0.750. The predicted octanol–water partition coefficient (Wildman–Crippen LogP) is 0.143. The molecule has 0 aromatic heterocycles. The van der Waals surface area contributed by atoms with Crippen molar-refractivity contribution in [2.24, 2.45) is 5.73 Å². The highest BCUT2D eigenvalue weighted by molar-refractivity contribution is 5.19. The van der Waals surface area contributed by atoms with Crippen LogP contribution in [0.15, 0.2) is 11.8 Å². The SMILES string of the molecule is NC1CC(O)(C2=CCCO2)C1. The van der Waals surface area contributed by atoms with Gasteiger partial charge in [-0.3, -0.25) is 0 Å².